The summed E-state index contributed by atoms with van der Waals surface area (Å²) in [5.41, 5.74) is 3.30. The molecule has 4 nitrogen and oxygen atoms in total. The molecule has 0 aliphatic carbocycles. The molecule has 1 rings (SSSR count). The van der Waals surface area contributed by atoms with Gasteiger partial charge in [0.05, 0.1) is 5.56 Å². The van der Waals surface area contributed by atoms with Gasteiger partial charge in [0.15, 0.2) is 11.5 Å². The molecule has 0 atom stereocenters. The number of carboxylic acids is 1. The van der Waals surface area contributed by atoms with Crippen molar-refractivity contribution in [3.8, 4) is 11.5 Å². The van der Waals surface area contributed by atoms with E-state index in [2.05, 4.69) is 26.8 Å². The molecular weight excluding hydrogens is 388 g/mol. The highest BCUT2D eigenvalue weighted by molar-refractivity contribution is 5.91. The third-order valence-electron chi connectivity index (χ3n) is 5.73. The lowest BCUT2D eigenvalue weighted by Crippen LogP contribution is -2.05. The number of carboxylic acid groups (broad SMARTS) is 1. The van der Waals surface area contributed by atoms with Crippen LogP contribution in [0.4, 0.5) is 0 Å². The normalized spacial score (nSPS) is 11.5. The van der Waals surface area contributed by atoms with Crippen LogP contribution in [0.2, 0.25) is 0 Å². The zero-order chi connectivity index (χ0) is 23.2. The summed E-state index contributed by atoms with van der Waals surface area (Å²) in [6, 6.07) is 1.54. The zero-order valence-electron chi connectivity index (χ0n) is 20.0. The van der Waals surface area contributed by atoms with Gasteiger partial charge in [0.2, 0.25) is 0 Å². The van der Waals surface area contributed by atoms with Crippen molar-refractivity contribution in [3.63, 3.8) is 0 Å². The molecule has 0 heterocycles. The molecule has 0 radical (unpaired) electrons. The molecule has 31 heavy (non-hydrogen) atoms. The molecule has 3 N–H and O–H groups in total. The Morgan fingerprint density at radius 1 is 0.903 bits per heavy atom. The van der Waals surface area contributed by atoms with E-state index in [1.807, 2.05) is 13.0 Å². The zero-order valence-corrected chi connectivity index (χ0v) is 20.0. The molecule has 0 aliphatic heterocycles. The van der Waals surface area contributed by atoms with Gasteiger partial charge in [-0.1, -0.05) is 75.2 Å². The molecule has 0 spiro atoms. The third kappa shape index (κ3) is 10.1. The second-order valence-electron chi connectivity index (χ2n) is 8.86. The Morgan fingerprint density at radius 3 is 2.10 bits per heavy atom. The van der Waals surface area contributed by atoms with Crippen LogP contribution >= 0.6 is 0 Å². The van der Waals surface area contributed by atoms with Crippen molar-refractivity contribution in [1.82, 2.24) is 0 Å². The molecule has 0 saturated heterocycles. The van der Waals surface area contributed by atoms with E-state index < -0.39 is 5.97 Å². The number of phenols is 2. The molecule has 0 aromatic heterocycles. The van der Waals surface area contributed by atoms with Gasteiger partial charge in [0.25, 0.3) is 0 Å². The smallest absolute Gasteiger partial charge is 0.336 e. The maximum Gasteiger partial charge on any atom is 0.336 e. The van der Waals surface area contributed by atoms with Crippen molar-refractivity contribution in [3.05, 3.63) is 46.1 Å². The number of rotatable bonds is 15. The minimum Gasteiger partial charge on any atom is -0.504 e. The van der Waals surface area contributed by atoms with E-state index in [1.165, 1.54) is 37.7 Å². The number of aromatic carboxylic acids is 1. The van der Waals surface area contributed by atoms with Crippen molar-refractivity contribution in [1.29, 1.82) is 0 Å². The van der Waals surface area contributed by atoms with Crippen molar-refractivity contribution in [2.75, 3.05) is 0 Å². The summed E-state index contributed by atoms with van der Waals surface area (Å²) >= 11 is 0. The lowest BCUT2D eigenvalue weighted by atomic mass is 9.95. The van der Waals surface area contributed by atoms with Gasteiger partial charge in [-0.05, 0) is 64.5 Å². The van der Waals surface area contributed by atoms with Gasteiger partial charge in [0, 0.05) is 5.56 Å². The number of aromatic hydroxyl groups is 2. The highest BCUT2D eigenvalue weighted by Crippen LogP contribution is 2.37. The monoisotopic (exact) mass is 430 g/mol. The largest absolute Gasteiger partial charge is 0.504 e. The van der Waals surface area contributed by atoms with Gasteiger partial charge < -0.3 is 15.3 Å². The molecule has 0 unspecified atom stereocenters. The van der Waals surface area contributed by atoms with Crippen LogP contribution in [0.15, 0.2) is 29.4 Å². The fraction of sp³-hybridized carbons (Fsp3) is 0.593. The van der Waals surface area contributed by atoms with Gasteiger partial charge in [0.1, 0.15) is 0 Å². The predicted molar refractivity (Wildman–Crippen MR) is 129 cm³/mol. The first-order chi connectivity index (χ1) is 14.8. The fourth-order valence-corrected chi connectivity index (χ4v) is 3.76. The van der Waals surface area contributed by atoms with Crippen LogP contribution in [0.5, 0.6) is 11.5 Å². The number of hydrogen-bond acceptors (Lipinski definition) is 3. The van der Waals surface area contributed by atoms with Crippen molar-refractivity contribution in [2.45, 2.75) is 105 Å². The Morgan fingerprint density at radius 2 is 1.52 bits per heavy atom. The van der Waals surface area contributed by atoms with Crippen LogP contribution < -0.4 is 0 Å². The van der Waals surface area contributed by atoms with Crippen LogP contribution in [-0.4, -0.2) is 21.3 Å². The second kappa shape index (κ2) is 14.7. The van der Waals surface area contributed by atoms with Gasteiger partial charge in [-0.15, -0.1) is 0 Å². The summed E-state index contributed by atoms with van der Waals surface area (Å²) in [4.78, 5) is 11.8. The van der Waals surface area contributed by atoms with Gasteiger partial charge >= 0.3 is 5.97 Å². The molecule has 1 aromatic rings. The quantitative estimate of drug-likeness (QED) is 0.151. The van der Waals surface area contributed by atoms with E-state index in [1.54, 1.807) is 6.07 Å². The Bertz CT molecular complexity index is 755. The van der Waals surface area contributed by atoms with Gasteiger partial charge in [-0.25, -0.2) is 4.79 Å². The maximum absolute atomic E-state index is 11.8. The molecular formula is C27H42O4. The highest BCUT2D eigenvalue weighted by Gasteiger charge is 2.20. The van der Waals surface area contributed by atoms with E-state index >= 15 is 0 Å². The number of benzene rings is 1. The average Bonchev–Trinajstić information content (AvgIpc) is 2.71. The first-order valence-corrected chi connectivity index (χ1v) is 11.9. The van der Waals surface area contributed by atoms with Crippen LogP contribution in [0.1, 0.15) is 113 Å². The number of phenolic OH excluding ortho intramolecular Hbond substituents is 2. The SMILES string of the molecule is CCCCCCCCCCc1cc(C(=O)O)c(C/C=C(\C)CCC=C(C)C)c(O)c1O. The molecule has 0 saturated carbocycles. The Labute approximate surface area is 188 Å². The summed E-state index contributed by atoms with van der Waals surface area (Å²) in [5, 5.41) is 30.7. The molecule has 0 bridgehead atoms. The lowest BCUT2D eigenvalue weighted by molar-refractivity contribution is 0.0695. The van der Waals surface area contributed by atoms with E-state index in [-0.39, 0.29) is 22.6 Å². The fourth-order valence-electron chi connectivity index (χ4n) is 3.76. The van der Waals surface area contributed by atoms with Crippen LogP contribution in [0.25, 0.3) is 0 Å². The molecule has 0 fully saturated rings. The second-order valence-corrected chi connectivity index (χ2v) is 8.86. The Hall–Kier alpha value is -2.23. The lowest BCUT2D eigenvalue weighted by Gasteiger charge is -2.14. The number of unbranched alkanes of at least 4 members (excludes halogenated alkanes) is 7. The molecule has 174 valence electrons. The first-order valence-electron chi connectivity index (χ1n) is 11.9. The Balaban J connectivity index is 2.77. The van der Waals surface area contributed by atoms with Gasteiger partial charge in [-0.2, -0.15) is 0 Å². The minimum atomic E-state index is -1.07. The summed E-state index contributed by atoms with van der Waals surface area (Å²) < 4.78 is 0. The Kier molecular flexibility index (Phi) is 12.7. The van der Waals surface area contributed by atoms with Gasteiger partial charge in [-0.3, -0.25) is 0 Å². The number of carbonyl (C=O) groups is 1. The predicted octanol–water partition coefficient (Wildman–Crippen LogP) is 7.71. The maximum atomic E-state index is 11.8. The van der Waals surface area contributed by atoms with E-state index in [0.717, 1.165) is 37.7 Å². The molecule has 0 amide bonds. The van der Waals surface area contributed by atoms with Crippen molar-refractivity contribution in [2.24, 2.45) is 0 Å². The summed E-state index contributed by atoms with van der Waals surface area (Å²) in [6.07, 6.45) is 16.2. The number of aryl methyl sites for hydroxylation is 1. The summed E-state index contributed by atoms with van der Waals surface area (Å²) in [6.45, 7) is 8.34. The number of hydrogen-bond donors (Lipinski definition) is 3. The molecule has 0 aliphatic rings. The van der Waals surface area contributed by atoms with Crippen molar-refractivity contribution >= 4 is 5.97 Å². The third-order valence-corrected chi connectivity index (χ3v) is 5.73. The van der Waals surface area contributed by atoms with Crippen LogP contribution in [0.3, 0.4) is 0 Å². The topological polar surface area (TPSA) is 77.8 Å². The van der Waals surface area contributed by atoms with E-state index in [9.17, 15) is 20.1 Å². The van der Waals surface area contributed by atoms with Crippen LogP contribution in [0, 0.1) is 0 Å². The first kappa shape index (κ1) is 26.8. The van der Waals surface area contributed by atoms with E-state index in [4.69, 9.17) is 0 Å². The van der Waals surface area contributed by atoms with Crippen LogP contribution in [-0.2, 0) is 12.8 Å². The van der Waals surface area contributed by atoms with Crippen molar-refractivity contribution < 1.29 is 20.1 Å². The standard InChI is InChI=1S/C27H42O4/c1-5-6-7-8-9-10-11-12-16-22-19-24(27(30)31)23(26(29)25(22)28)18-17-21(4)15-13-14-20(2)3/h14,17,19,28-29H,5-13,15-16,18H2,1-4H3,(H,30,31)/b21-17+. The summed E-state index contributed by atoms with van der Waals surface area (Å²) in [5.74, 6) is -1.53. The number of allylic oxidation sites excluding steroid dienone is 4. The minimum absolute atomic E-state index is 0.0817. The molecule has 4 heteroatoms. The average molecular weight is 431 g/mol. The summed E-state index contributed by atoms with van der Waals surface area (Å²) in [7, 11) is 0. The van der Waals surface area contributed by atoms with E-state index in [0.29, 0.717) is 18.4 Å². The highest BCUT2D eigenvalue weighted by atomic mass is 16.4. The molecule has 1 aromatic carbocycles.